The minimum atomic E-state index is -0.470. The van der Waals surface area contributed by atoms with Gasteiger partial charge in [0.25, 0.3) is 0 Å². The minimum Gasteiger partial charge on any atom is -0.465 e. The SMILES string of the molecule is COC(=O)c1ccccc1NC(=O)Cc1ccc(C)c(C)c1. The third-order valence-corrected chi connectivity index (χ3v) is 3.54. The molecule has 0 saturated carbocycles. The lowest BCUT2D eigenvalue weighted by Gasteiger charge is -2.10. The summed E-state index contributed by atoms with van der Waals surface area (Å²) in [5, 5.41) is 2.77. The Bertz CT molecular complexity index is 707. The third-order valence-electron chi connectivity index (χ3n) is 3.54. The van der Waals surface area contributed by atoms with E-state index in [0.29, 0.717) is 11.3 Å². The van der Waals surface area contributed by atoms with E-state index in [2.05, 4.69) is 5.32 Å². The summed E-state index contributed by atoms with van der Waals surface area (Å²) >= 11 is 0. The third kappa shape index (κ3) is 3.73. The second-order valence-corrected chi connectivity index (χ2v) is 5.18. The predicted molar refractivity (Wildman–Crippen MR) is 86.0 cm³/mol. The van der Waals surface area contributed by atoms with Crippen LogP contribution in [0.5, 0.6) is 0 Å². The molecule has 4 heteroatoms. The van der Waals surface area contributed by atoms with Gasteiger partial charge in [-0.3, -0.25) is 4.79 Å². The smallest absolute Gasteiger partial charge is 0.339 e. The summed E-state index contributed by atoms with van der Waals surface area (Å²) in [6.07, 6.45) is 0.261. The van der Waals surface area contributed by atoms with Crippen LogP contribution in [0, 0.1) is 13.8 Å². The molecule has 0 aliphatic carbocycles. The molecule has 0 heterocycles. The fourth-order valence-electron chi connectivity index (χ4n) is 2.17. The van der Waals surface area contributed by atoms with E-state index in [4.69, 9.17) is 4.74 Å². The van der Waals surface area contributed by atoms with Crippen molar-refractivity contribution in [3.05, 3.63) is 64.7 Å². The van der Waals surface area contributed by atoms with Gasteiger partial charge in [-0.1, -0.05) is 30.3 Å². The molecular weight excluding hydrogens is 278 g/mol. The van der Waals surface area contributed by atoms with Gasteiger partial charge in [0, 0.05) is 0 Å². The Kier molecular flexibility index (Phi) is 4.94. The number of anilines is 1. The second-order valence-electron chi connectivity index (χ2n) is 5.18. The Morgan fingerprint density at radius 2 is 1.77 bits per heavy atom. The van der Waals surface area contributed by atoms with E-state index in [-0.39, 0.29) is 12.3 Å². The zero-order valence-corrected chi connectivity index (χ0v) is 13.0. The Hall–Kier alpha value is -2.62. The highest BCUT2D eigenvalue weighted by molar-refractivity contribution is 6.01. The first-order valence-electron chi connectivity index (χ1n) is 7.04. The van der Waals surface area contributed by atoms with Gasteiger partial charge in [0.1, 0.15) is 0 Å². The van der Waals surface area contributed by atoms with Gasteiger partial charge in [0.2, 0.25) is 5.91 Å². The van der Waals surface area contributed by atoms with E-state index in [1.807, 2.05) is 32.0 Å². The van der Waals surface area contributed by atoms with Crippen molar-refractivity contribution < 1.29 is 14.3 Å². The van der Waals surface area contributed by atoms with Crippen molar-refractivity contribution in [2.45, 2.75) is 20.3 Å². The number of carbonyl (C=O) groups is 2. The Morgan fingerprint density at radius 3 is 2.45 bits per heavy atom. The van der Waals surface area contributed by atoms with E-state index in [1.165, 1.54) is 12.7 Å². The highest BCUT2D eigenvalue weighted by atomic mass is 16.5. The number of esters is 1. The number of ether oxygens (including phenoxy) is 1. The first-order chi connectivity index (χ1) is 10.5. The molecule has 0 bridgehead atoms. The molecule has 1 N–H and O–H groups in total. The van der Waals surface area contributed by atoms with Gasteiger partial charge in [0.05, 0.1) is 24.8 Å². The van der Waals surface area contributed by atoms with Crippen molar-refractivity contribution in [1.82, 2.24) is 0 Å². The second kappa shape index (κ2) is 6.89. The van der Waals surface area contributed by atoms with Crippen LogP contribution in [-0.2, 0) is 16.0 Å². The molecule has 0 saturated heterocycles. The monoisotopic (exact) mass is 297 g/mol. The Morgan fingerprint density at radius 1 is 1.05 bits per heavy atom. The van der Waals surface area contributed by atoms with E-state index in [1.54, 1.807) is 24.3 Å². The number of methoxy groups -OCH3 is 1. The maximum absolute atomic E-state index is 12.2. The molecule has 2 aromatic carbocycles. The van der Waals surface area contributed by atoms with Gasteiger partial charge in [-0.25, -0.2) is 4.79 Å². The number of benzene rings is 2. The summed E-state index contributed by atoms with van der Waals surface area (Å²) in [5.74, 6) is -0.637. The predicted octanol–water partition coefficient (Wildman–Crippen LogP) is 3.27. The van der Waals surface area contributed by atoms with Crippen LogP contribution in [0.25, 0.3) is 0 Å². The van der Waals surface area contributed by atoms with Crippen molar-refractivity contribution in [1.29, 1.82) is 0 Å². The number of para-hydroxylation sites is 1. The van der Waals surface area contributed by atoms with Crippen molar-refractivity contribution >= 4 is 17.6 Å². The van der Waals surface area contributed by atoms with Crippen molar-refractivity contribution in [3.8, 4) is 0 Å². The van der Waals surface area contributed by atoms with Gasteiger partial charge >= 0.3 is 5.97 Å². The van der Waals surface area contributed by atoms with Crippen LogP contribution < -0.4 is 5.32 Å². The first-order valence-corrected chi connectivity index (χ1v) is 7.04. The van der Waals surface area contributed by atoms with Gasteiger partial charge in [-0.2, -0.15) is 0 Å². The van der Waals surface area contributed by atoms with Crippen molar-refractivity contribution in [3.63, 3.8) is 0 Å². The summed E-state index contributed by atoms with van der Waals surface area (Å²) in [4.78, 5) is 23.9. The molecule has 22 heavy (non-hydrogen) atoms. The van der Waals surface area contributed by atoms with Crippen LogP contribution in [0.15, 0.2) is 42.5 Å². The quantitative estimate of drug-likeness (QED) is 0.881. The zero-order chi connectivity index (χ0) is 16.1. The molecule has 0 fully saturated rings. The lowest BCUT2D eigenvalue weighted by atomic mass is 10.0. The maximum Gasteiger partial charge on any atom is 0.339 e. The normalized spacial score (nSPS) is 10.1. The molecule has 0 aliphatic rings. The van der Waals surface area contributed by atoms with Gasteiger partial charge in [-0.15, -0.1) is 0 Å². The number of amides is 1. The lowest BCUT2D eigenvalue weighted by molar-refractivity contribution is -0.115. The van der Waals surface area contributed by atoms with E-state index in [9.17, 15) is 9.59 Å². The van der Waals surface area contributed by atoms with Crippen molar-refractivity contribution in [2.75, 3.05) is 12.4 Å². The maximum atomic E-state index is 12.2. The number of hydrogen-bond donors (Lipinski definition) is 1. The first kappa shape index (κ1) is 15.8. The summed E-state index contributed by atoms with van der Waals surface area (Å²) in [6, 6.07) is 12.7. The number of carbonyl (C=O) groups excluding carboxylic acids is 2. The lowest BCUT2D eigenvalue weighted by Crippen LogP contribution is -2.17. The van der Waals surface area contributed by atoms with E-state index >= 15 is 0 Å². The molecule has 0 spiro atoms. The summed E-state index contributed by atoms with van der Waals surface area (Å²) < 4.78 is 4.72. The van der Waals surface area contributed by atoms with Crippen LogP contribution in [0.1, 0.15) is 27.0 Å². The molecule has 114 valence electrons. The van der Waals surface area contributed by atoms with E-state index < -0.39 is 5.97 Å². The van der Waals surface area contributed by atoms with Gasteiger partial charge < -0.3 is 10.1 Å². The van der Waals surface area contributed by atoms with Crippen LogP contribution in [0.2, 0.25) is 0 Å². The van der Waals surface area contributed by atoms with Crippen molar-refractivity contribution in [2.24, 2.45) is 0 Å². The molecule has 2 aromatic rings. The van der Waals surface area contributed by atoms with Crippen LogP contribution in [0.3, 0.4) is 0 Å². The number of hydrogen-bond acceptors (Lipinski definition) is 3. The summed E-state index contributed by atoms with van der Waals surface area (Å²) in [5.41, 5.74) is 4.10. The molecule has 0 unspecified atom stereocenters. The standard InChI is InChI=1S/C18H19NO3/c1-12-8-9-14(10-13(12)2)11-17(20)19-16-7-5-4-6-15(16)18(21)22-3/h4-10H,11H2,1-3H3,(H,19,20). The van der Waals surface area contributed by atoms with Gasteiger partial charge in [0.15, 0.2) is 0 Å². The summed E-state index contributed by atoms with van der Waals surface area (Å²) in [7, 11) is 1.32. The number of aryl methyl sites for hydroxylation is 2. The largest absolute Gasteiger partial charge is 0.465 e. The van der Waals surface area contributed by atoms with Gasteiger partial charge in [-0.05, 0) is 42.7 Å². The van der Waals surface area contributed by atoms with Crippen LogP contribution >= 0.6 is 0 Å². The van der Waals surface area contributed by atoms with Crippen LogP contribution in [0.4, 0.5) is 5.69 Å². The van der Waals surface area contributed by atoms with E-state index in [0.717, 1.165) is 11.1 Å². The fraction of sp³-hybridized carbons (Fsp3) is 0.222. The molecule has 1 amide bonds. The topological polar surface area (TPSA) is 55.4 Å². The Labute approximate surface area is 130 Å². The molecule has 2 rings (SSSR count). The molecule has 0 radical (unpaired) electrons. The fourth-order valence-corrected chi connectivity index (χ4v) is 2.17. The molecule has 0 aliphatic heterocycles. The molecule has 0 atom stereocenters. The highest BCUT2D eigenvalue weighted by Gasteiger charge is 2.13. The average Bonchev–Trinajstić information content (AvgIpc) is 2.50. The molecule has 4 nitrogen and oxygen atoms in total. The molecule has 0 aromatic heterocycles. The molecular formula is C18H19NO3. The number of rotatable bonds is 4. The highest BCUT2D eigenvalue weighted by Crippen LogP contribution is 2.17. The number of nitrogens with one attached hydrogen (secondary N) is 1. The zero-order valence-electron chi connectivity index (χ0n) is 13.0. The Balaban J connectivity index is 2.12. The average molecular weight is 297 g/mol. The van der Waals surface area contributed by atoms with Crippen LogP contribution in [-0.4, -0.2) is 19.0 Å². The minimum absolute atomic E-state index is 0.167. The summed E-state index contributed by atoms with van der Waals surface area (Å²) in [6.45, 7) is 4.05.